The van der Waals surface area contributed by atoms with Gasteiger partial charge in [-0.3, -0.25) is 4.79 Å². The molecule has 0 saturated heterocycles. The van der Waals surface area contributed by atoms with E-state index in [1.807, 2.05) is 44.2 Å². The molecule has 1 aromatic carbocycles. The molecule has 0 saturated carbocycles. The molecule has 14 heavy (non-hydrogen) atoms. The SMILES string of the molecule is CC(C)OC(=O)CCc1ccccc1. The number of ether oxygens (including phenoxy) is 1. The highest BCUT2D eigenvalue weighted by atomic mass is 16.5. The molecule has 0 bridgehead atoms. The fraction of sp³-hybridized carbons (Fsp3) is 0.417. The van der Waals surface area contributed by atoms with Crippen LogP contribution in [0.1, 0.15) is 25.8 Å². The van der Waals surface area contributed by atoms with Crippen LogP contribution in [0.4, 0.5) is 0 Å². The van der Waals surface area contributed by atoms with Crippen molar-refractivity contribution in [3.63, 3.8) is 0 Å². The van der Waals surface area contributed by atoms with E-state index in [1.165, 1.54) is 5.56 Å². The first-order valence-corrected chi connectivity index (χ1v) is 4.92. The molecule has 0 aliphatic heterocycles. The van der Waals surface area contributed by atoms with E-state index < -0.39 is 0 Å². The summed E-state index contributed by atoms with van der Waals surface area (Å²) in [4.78, 5) is 11.2. The number of aryl methyl sites for hydroxylation is 1. The first kappa shape index (κ1) is 10.8. The fourth-order valence-electron chi connectivity index (χ4n) is 1.21. The predicted octanol–water partition coefficient (Wildman–Crippen LogP) is 2.57. The van der Waals surface area contributed by atoms with Gasteiger partial charge in [0.2, 0.25) is 0 Å². The molecule has 0 radical (unpaired) electrons. The Morgan fingerprint density at radius 3 is 2.50 bits per heavy atom. The second-order valence-electron chi connectivity index (χ2n) is 3.52. The summed E-state index contributed by atoms with van der Waals surface area (Å²) in [6.07, 6.45) is 1.20. The third-order valence-electron chi connectivity index (χ3n) is 1.83. The molecular formula is C12H16O2. The molecule has 0 spiro atoms. The van der Waals surface area contributed by atoms with E-state index in [-0.39, 0.29) is 12.1 Å². The summed E-state index contributed by atoms with van der Waals surface area (Å²) in [5.41, 5.74) is 1.17. The van der Waals surface area contributed by atoms with Gasteiger partial charge in [-0.2, -0.15) is 0 Å². The molecule has 0 amide bonds. The van der Waals surface area contributed by atoms with Crippen molar-refractivity contribution < 1.29 is 9.53 Å². The highest BCUT2D eigenvalue weighted by molar-refractivity contribution is 5.69. The zero-order chi connectivity index (χ0) is 10.4. The predicted molar refractivity (Wildman–Crippen MR) is 56.0 cm³/mol. The Morgan fingerprint density at radius 1 is 1.29 bits per heavy atom. The van der Waals surface area contributed by atoms with Crippen LogP contribution in [0.25, 0.3) is 0 Å². The third kappa shape index (κ3) is 4.08. The standard InChI is InChI=1S/C12H16O2/c1-10(2)14-12(13)9-8-11-6-4-3-5-7-11/h3-7,10H,8-9H2,1-2H3. The fourth-order valence-corrected chi connectivity index (χ4v) is 1.21. The Labute approximate surface area is 84.9 Å². The summed E-state index contributed by atoms with van der Waals surface area (Å²) in [5, 5.41) is 0. The molecule has 2 heteroatoms. The maximum absolute atomic E-state index is 11.2. The Morgan fingerprint density at radius 2 is 1.93 bits per heavy atom. The van der Waals surface area contributed by atoms with Crippen LogP contribution < -0.4 is 0 Å². The Kier molecular flexibility index (Phi) is 4.17. The maximum Gasteiger partial charge on any atom is 0.306 e. The van der Waals surface area contributed by atoms with Gasteiger partial charge in [0.25, 0.3) is 0 Å². The quantitative estimate of drug-likeness (QED) is 0.685. The van der Waals surface area contributed by atoms with Crippen molar-refractivity contribution in [3.05, 3.63) is 35.9 Å². The normalized spacial score (nSPS) is 10.2. The number of carbonyl (C=O) groups excluding carboxylic acids is 1. The number of benzene rings is 1. The smallest absolute Gasteiger partial charge is 0.306 e. The van der Waals surface area contributed by atoms with Gasteiger partial charge in [0, 0.05) is 6.42 Å². The molecular weight excluding hydrogens is 176 g/mol. The van der Waals surface area contributed by atoms with Crippen LogP contribution in [0.3, 0.4) is 0 Å². The lowest BCUT2D eigenvalue weighted by Crippen LogP contribution is -2.11. The molecule has 0 aromatic heterocycles. The molecule has 1 aromatic rings. The lowest BCUT2D eigenvalue weighted by Gasteiger charge is -2.07. The van der Waals surface area contributed by atoms with E-state index in [2.05, 4.69) is 0 Å². The molecule has 76 valence electrons. The van der Waals surface area contributed by atoms with Gasteiger partial charge in [-0.15, -0.1) is 0 Å². The van der Waals surface area contributed by atoms with E-state index in [9.17, 15) is 4.79 Å². The summed E-state index contributed by atoms with van der Waals surface area (Å²) in [7, 11) is 0. The average molecular weight is 192 g/mol. The van der Waals surface area contributed by atoms with E-state index >= 15 is 0 Å². The van der Waals surface area contributed by atoms with Gasteiger partial charge in [0.15, 0.2) is 0 Å². The number of esters is 1. The highest BCUT2D eigenvalue weighted by Gasteiger charge is 2.04. The van der Waals surface area contributed by atoms with Gasteiger partial charge in [0.1, 0.15) is 0 Å². The third-order valence-corrected chi connectivity index (χ3v) is 1.83. The van der Waals surface area contributed by atoms with Crippen molar-refractivity contribution in [3.8, 4) is 0 Å². The molecule has 0 heterocycles. The van der Waals surface area contributed by atoms with E-state index in [0.29, 0.717) is 6.42 Å². The summed E-state index contributed by atoms with van der Waals surface area (Å²) < 4.78 is 5.03. The molecule has 0 N–H and O–H groups in total. The summed E-state index contributed by atoms with van der Waals surface area (Å²) >= 11 is 0. The first-order chi connectivity index (χ1) is 6.68. The van der Waals surface area contributed by atoms with Gasteiger partial charge in [-0.05, 0) is 25.8 Å². The lowest BCUT2D eigenvalue weighted by molar-refractivity contribution is -0.147. The number of rotatable bonds is 4. The van der Waals surface area contributed by atoms with Crippen LogP contribution >= 0.6 is 0 Å². The highest BCUT2D eigenvalue weighted by Crippen LogP contribution is 2.04. The topological polar surface area (TPSA) is 26.3 Å². The largest absolute Gasteiger partial charge is 0.463 e. The van der Waals surface area contributed by atoms with E-state index in [0.717, 1.165) is 6.42 Å². The number of carbonyl (C=O) groups is 1. The maximum atomic E-state index is 11.2. The monoisotopic (exact) mass is 192 g/mol. The second-order valence-corrected chi connectivity index (χ2v) is 3.52. The van der Waals surface area contributed by atoms with Crippen LogP contribution in [-0.2, 0) is 16.0 Å². The minimum atomic E-state index is -0.121. The van der Waals surface area contributed by atoms with Gasteiger partial charge in [0.05, 0.1) is 6.10 Å². The summed E-state index contributed by atoms with van der Waals surface area (Å²) in [6.45, 7) is 3.72. The van der Waals surface area contributed by atoms with Gasteiger partial charge in [-0.1, -0.05) is 30.3 Å². The van der Waals surface area contributed by atoms with E-state index in [4.69, 9.17) is 4.74 Å². The van der Waals surface area contributed by atoms with E-state index in [1.54, 1.807) is 0 Å². The molecule has 2 nitrogen and oxygen atoms in total. The number of hydrogen-bond acceptors (Lipinski definition) is 2. The Balaban J connectivity index is 2.31. The van der Waals surface area contributed by atoms with Crippen molar-refractivity contribution >= 4 is 5.97 Å². The zero-order valence-corrected chi connectivity index (χ0v) is 8.69. The van der Waals surface area contributed by atoms with Crippen LogP contribution in [0, 0.1) is 0 Å². The number of hydrogen-bond donors (Lipinski definition) is 0. The van der Waals surface area contributed by atoms with Gasteiger partial charge in [-0.25, -0.2) is 0 Å². The summed E-state index contributed by atoms with van der Waals surface area (Å²) in [6, 6.07) is 9.95. The minimum Gasteiger partial charge on any atom is -0.463 e. The Hall–Kier alpha value is -1.31. The van der Waals surface area contributed by atoms with Crippen molar-refractivity contribution in [1.82, 2.24) is 0 Å². The molecule has 0 aliphatic rings. The first-order valence-electron chi connectivity index (χ1n) is 4.92. The van der Waals surface area contributed by atoms with Crippen molar-refractivity contribution in [2.24, 2.45) is 0 Å². The van der Waals surface area contributed by atoms with Crippen LogP contribution in [0.2, 0.25) is 0 Å². The Bertz CT molecular complexity index is 278. The molecule has 0 atom stereocenters. The van der Waals surface area contributed by atoms with Crippen molar-refractivity contribution in [2.45, 2.75) is 32.8 Å². The minimum absolute atomic E-state index is 0.0155. The summed E-state index contributed by atoms with van der Waals surface area (Å²) in [5.74, 6) is -0.121. The van der Waals surface area contributed by atoms with Crippen LogP contribution in [0.5, 0.6) is 0 Å². The van der Waals surface area contributed by atoms with Crippen molar-refractivity contribution in [1.29, 1.82) is 0 Å². The van der Waals surface area contributed by atoms with Crippen molar-refractivity contribution in [2.75, 3.05) is 0 Å². The zero-order valence-electron chi connectivity index (χ0n) is 8.69. The molecule has 0 fully saturated rings. The van der Waals surface area contributed by atoms with Gasteiger partial charge < -0.3 is 4.74 Å². The second kappa shape index (κ2) is 5.43. The molecule has 0 aliphatic carbocycles. The van der Waals surface area contributed by atoms with Crippen LogP contribution in [-0.4, -0.2) is 12.1 Å². The average Bonchev–Trinajstić information content (AvgIpc) is 2.15. The van der Waals surface area contributed by atoms with Crippen LogP contribution in [0.15, 0.2) is 30.3 Å². The van der Waals surface area contributed by atoms with Gasteiger partial charge >= 0.3 is 5.97 Å². The lowest BCUT2D eigenvalue weighted by atomic mass is 10.1. The molecule has 1 rings (SSSR count). The molecule has 0 unspecified atom stereocenters.